The molecule has 0 radical (unpaired) electrons. The predicted molar refractivity (Wildman–Crippen MR) is 128 cm³/mol. The number of piperazine rings is 1. The minimum Gasteiger partial charge on any atom is -0.444 e. The summed E-state index contributed by atoms with van der Waals surface area (Å²) in [4.78, 5) is 43.4. The minimum atomic E-state index is -0.787. The molecule has 0 bridgehead atoms. The lowest BCUT2D eigenvalue weighted by Crippen LogP contribution is -2.54. The molecule has 0 saturated carbocycles. The summed E-state index contributed by atoms with van der Waals surface area (Å²) >= 11 is 0. The first-order valence-electron chi connectivity index (χ1n) is 10.9. The van der Waals surface area contributed by atoms with Crippen LogP contribution in [0.2, 0.25) is 0 Å². The first-order valence-corrected chi connectivity index (χ1v) is 10.9. The Morgan fingerprint density at radius 3 is 2.12 bits per heavy atom. The molecule has 1 aromatic rings. The Morgan fingerprint density at radius 1 is 1.00 bits per heavy atom. The van der Waals surface area contributed by atoms with Gasteiger partial charge < -0.3 is 24.6 Å². The van der Waals surface area contributed by atoms with Crippen molar-refractivity contribution in [3.63, 3.8) is 0 Å². The molecule has 10 nitrogen and oxygen atoms in total. The molecule has 1 fully saturated rings. The average molecular weight is 462 g/mol. The van der Waals surface area contributed by atoms with Gasteiger partial charge >= 0.3 is 12.2 Å². The van der Waals surface area contributed by atoms with E-state index in [0.29, 0.717) is 32.6 Å². The van der Waals surface area contributed by atoms with Crippen LogP contribution in [0.4, 0.5) is 21.0 Å². The summed E-state index contributed by atoms with van der Waals surface area (Å²) in [6.45, 7) is 14.8. The second kappa shape index (κ2) is 10.5. The normalized spacial score (nSPS) is 15.1. The molecule has 0 atom stereocenters. The number of benzene rings is 1. The lowest BCUT2D eigenvalue weighted by Gasteiger charge is -2.38. The van der Waals surface area contributed by atoms with Crippen LogP contribution in [0.1, 0.15) is 47.1 Å². The Morgan fingerprint density at radius 2 is 1.61 bits per heavy atom. The molecule has 3 amide bonds. The first kappa shape index (κ1) is 26.0. The van der Waals surface area contributed by atoms with Gasteiger partial charge in [0.2, 0.25) is 12.4 Å². The summed E-state index contributed by atoms with van der Waals surface area (Å²) in [6.07, 6.45) is -0.831. The highest BCUT2D eigenvalue weighted by Crippen LogP contribution is 2.24. The predicted octanol–water partition coefficient (Wildman–Crippen LogP) is 3.50. The van der Waals surface area contributed by atoms with Gasteiger partial charge in [-0.15, -0.1) is 4.99 Å². The van der Waals surface area contributed by atoms with Crippen LogP contribution in [0.15, 0.2) is 23.2 Å². The fraction of sp³-hybridized carbons (Fsp3) is 0.565. The summed E-state index contributed by atoms with van der Waals surface area (Å²) < 4.78 is 10.6. The number of anilines is 2. The van der Waals surface area contributed by atoms with Crippen LogP contribution in [0, 0.1) is 6.92 Å². The molecule has 1 aliphatic rings. The molecule has 2 rings (SSSR count). The van der Waals surface area contributed by atoms with Crippen molar-refractivity contribution in [3.8, 4) is 0 Å². The Hall–Kier alpha value is -3.30. The molecule has 0 aromatic heterocycles. The van der Waals surface area contributed by atoms with Gasteiger partial charge in [0.25, 0.3) is 0 Å². The van der Waals surface area contributed by atoms with Crippen molar-refractivity contribution in [2.24, 2.45) is 4.99 Å². The number of aliphatic imine (C=N–C) groups is 1. The number of ether oxygens (including phenoxy) is 2. The highest BCUT2D eigenvalue weighted by atomic mass is 16.6. The zero-order valence-electron chi connectivity index (χ0n) is 20.5. The van der Waals surface area contributed by atoms with E-state index in [1.165, 1.54) is 0 Å². The van der Waals surface area contributed by atoms with Crippen molar-refractivity contribution in [2.75, 3.05) is 36.4 Å². The lowest BCUT2D eigenvalue weighted by atomic mass is 10.1. The Bertz CT molecular complexity index is 893. The standard InChI is InChI=1S/C23H35N5O5/c1-16-14-17(24-15-29)8-9-18(16)27-10-12-28(13-11-27)19(25-20(30)32-22(2,3)4)26-21(31)33-23(5,6)7/h8-9,14-15H,10-13H2,1-7H3,(H,24,29)(H,25,26,30,31). The monoisotopic (exact) mass is 461 g/mol. The Labute approximate surface area is 195 Å². The van der Waals surface area contributed by atoms with E-state index in [4.69, 9.17) is 9.47 Å². The summed E-state index contributed by atoms with van der Waals surface area (Å²) in [5, 5.41) is 5.25. The third-order valence-electron chi connectivity index (χ3n) is 4.55. The summed E-state index contributed by atoms with van der Waals surface area (Å²) in [6, 6.07) is 5.73. The van der Waals surface area contributed by atoms with Gasteiger partial charge in [0.05, 0.1) is 0 Å². The number of nitrogens with zero attached hydrogens (tertiary/aromatic N) is 3. The van der Waals surface area contributed by atoms with E-state index < -0.39 is 23.4 Å². The Kier molecular flexibility index (Phi) is 8.29. The van der Waals surface area contributed by atoms with E-state index >= 15 is 0 Å². The second-order valence-electron chi connectivity index (χ2n) is 9.78. The minimum absolute atomic E-state index is 0.0976. The SMILES string of the molecule is Cc1cc(NC=O)ccc1N1CCN(C(=NC(=O)OC(C)(C)C)NC(=O)OC(C)(C)C)CC1. The number of carbonyl (C=O) groups is 3. The number of nitrogens with one attached hydrogen (secondary N) is 2. The zero-order valence-corrected chi connectivity index (χ0v) is 20.5. The molecule has 0 spiro atoms. The van der Waals surface area contributed by atoms with E-state index in [0.717, 1.165) is 16.9 Å². The van der Waals surface area contributed by atoms with Crippen LogP contribution in [-0.4, -0.2) is 66.8 Å². The molecule has 1 aromatic carbocycles. The molecule has 1 heterocycles. The zero-order chi connectivity index (χ0) is 24.8. The number of amides is 3. The van der Waals surface area contributed by atoms with Crippen LogP contribution in [0.25, 0.3) is 0 Å². The number of aryl methyl sites for hydroxylation is 1. The molecule has 0 unspecified atom stereocenters. The van der Waals surface area contributed by atoms with Crippen molar-refractivity contribution in [1.82, 2.24) is 10.2 Å². The van der Waals surface area contributed by atoms with Crippen LogP contribution >= 0.6 is 0 Å². The smallest absolute Gasteiger partial charge is 0.437 e. The van der Waals surface area contributed by atoms with Crippen LogP contribution in [-0.2, 0) is 14.3 Å². The van der Waals surface area contributed by atoms with Crippen molar-refractivity contribution >= 4 is 35.9 Å². The van der Waals surface area contributed by atoms with E-state index in [2.05, 4.69) is 20.5 Å². The van der Waals surface area contributed by atoms with E-state index in [9.17, 15) is 14.4 Å². The van der Waals surface area contributed by atoms with E-state index in [1.54, 1.807) is 41.5 Å². The molecule has 1 saturated heterocycles. The highest BCUT2D eigenvalue weighted by molar-refractivity contribution is 5.99. The van der Waals surface area contributed by atoms with Gasteiger partial charge in [-0.05, 0) is 72.2 Å². The van der Waals surface area contributed by atoms with E-state index in [-0.39, 0.29) is 5.96 Å². The van der Waals surface area contributed by atoms with Crippen LogP contribution < -0.4 is 15.5 Å². The lowest BCUT2D eigenvalue weighted by molar-refractivity contribution is -0.105. The van der Waals surface area contributed by atoms with Gasteiger partial charge in [-0.3, -0.25) is 10.1 Å². The maximum Gasteiger partial charge on any atom is 0.437 e. The third-order valence-corrected chi connectivity index (χ3v) is 4.55. The molecule has 0 aliphatic carbocycles. The number of guanidine groups is 1. The maximum atomic E-state index is 12.4. The van der Waals surface area contributed by atoms with E-state index in [1.807, 2.05) is 30.0 Å². The van der Waals surface area contributed by atoms with Crippen molar-refractivity contribution < 1.29 is 23.9 Å². The van der Waals surface area contributed by atoms with Crippen LogP contribution in [0.5, 0.6) is 0 Å². The van der Waals surface area contributed by atoms with Gasteiger partial charge in [-0.2, -0.15) is 0 Å². The molecule has 33 heavy (non-hydrogen) atoms. The van der Waals surface area contributed by atoms with Gasteiger partial charge in [-0.25, -0.2) is 9.59 Å². The quantitative estimate of drug-likeness (QED) is 0.402. The number of alkyl carbamates (subject to hydrolysis) is 1. The molecular formula is C23H35N5O5. The average Bonchev–Trinajstić information content (AvgIpc) is 2.65. The third kappa shape index (κ3) is 8.63. The topological polar surface area (TPSA) is 113 Å². The molecular weight excluding hydrogens is 426 g/mol. The van der Waals surface area contributed by atoms with Crippen molar-refractivity contribution in [2.45, 2.75) is 59.7 Å². The number of hydrogen-bond acceptors (Lipinski definition) is 6. The van der Waals surface area contributed by atoms with Crippen molar-refractivity contribution in [1.29, 1.82) is 0 Å². The maximum absolute atomic E-state index is 12.4. The number of hydrogen-bond donors (Lipinski definition) is 2. The van der Waals surface area contributed by atoms with Gasteiger partial charge in [0.1, 0.15) is 11.2 Å². The second-order valence-corrected chi connectivity index (χ2v) is 9.78. The van der Waals surface area contributed by atoms with Crippen molar-refractivity contribution in [3.05, 3.63) is 23.8 Å². The molecule has 182 valence electrons. The summed E-state index contributed by atoms with van der Waals surface area (Å²) in [5.74, 6) is 0.0976. The highest BCUT2D eigenvalue weighted by Gasteiger charge is 2.26. The fourth-order valence-electron chi connectivity index (χ4n) is 3.27. The molecule has 2 N–H and O–H groups in total. The number of rotatable bonds is 3. The first-order chi connectivity index (χ1) is 15.3. The number of carbonyl (C=O) groups excluding carboxylic acids is 3. The fourth-order valence-corrected chi connectivity index (χ4v) is 3.27. The van der Waals surface area contributed by atoms with Gasteiger partial charge in [-0.1, -0.05) is 0 Å². The molecule has 10 heteroatoms. The van der Waals surface area contributed by atoms with Gasteiger partial charge in [0, 0.05) is 37.6 Å². The Balaban J connectivity index is 2.14. The summed E-state index contributed by atoms with van der Waals surface area (Å²) in [5.41, 5.74) is 1.42. The van der Waals surface area contributed by atoms with Crippen LogP contribution in [0.3, 0.4) is 0 Å². The summed E-state index contributed by atoms with van der Waals surface area (Å²) in [7, 11) is 0. The largest absolute Gasteiger partial charge is 0.444 e. The molecule has 1 aliphatic heterocycles. The van der Waals surface area contributed by atoms with Gasteiger partial charge in [0.15, 0.2) is 0 Å².